The fourth-order valence-corrected chi connectivity index (χ4v) is 4.83. The van der Waals surface area contributed by atoms with Gasteiger partial charge in [-0.2, -0.15) is 0 Å². The summed E-state index contributed by atoms with van der Waals surface area (Å²) in [5.74, 6) is 1.10. The van der Waals surface area contributed by atoms with Gasteiger partial charge in [0.1, 0.15) is 5.75 Å². The molecule has 31 heavy (non-hydrogen) atoms. The number of aliphatic hydroxyl groups excluding tert-OH is 1. The lowest BCUT2D eigenvalue weighted by molar-refractivity contribution is 0.152. The van der Waals surface area contributed by atoms with Crippen LogP contribution in [0.3, 0.4) is 0 Å². The van der Waals surface area contributed by atoms with Crippen molar-refractivity contribution in [3.63, 3.8) is 0 Å². The standard InChI is InChI=1S/C24H35N3O4/c1-17(2)31-21-10-4-3-8-19(21)26-15-13-25(14-16-26)11-6-12-27-23(29)18-7-5-9-20(28)22(18)24(27)30/h3-4,8,10,17,20,28-30H,5-7,9,11-16H2,1-2H3. The molecule has 0 saturated carbocycles. The van der Waals surface area contributed by atoms with Crippen LogP contribution >= 0.6 is 0 Å². The lowest BCUT2D eigenvalue weighted by Crippen LogP contribution is -2.46. The highest BCUT2D eigenvalue weighted by Crippen LogP contribution is 2.43. The molecule has 1 aromatic heterocycles. The van der Waals surface area contributed by atoms with Gasteiger partial charge in [0.2, 0.25) is 0 Å². The van der Waals surface area contributed by atoms with Crippen molar-refractivity contribution in [3.05, 3.63) is 35.4 Å². The van der Waals surface area contributed by atoms with Gasteiger partial charge in [0.25, 0.3) is 0 Å². The SMILES string of the molecule is CC(C)Oc1ccccc1N1CCN(CCCn2c(O)c3c(c2O)C(O)CCC3)CC1. The average Bonchev–Trinajstić information content (AvgIpc) is 3.00. The summed E-state index contributed by atoms with van der Waals surface area (Å²) in [7, 11) is 0. The predicted octanol–water partition coefficient (Wildman–Crippen LogP) is 3.27. The Morgan fingerprint density at radius 2 is 1.77 bits per heavy atom. The summed E-state index contributed by atoms with van der Waals surface area (Å²) >= 11 is 0. The number of nitrogens with zero attached hydrogens (tertiary/aromatic N) is 3. The van der Waals surface area contributed by atoms with E-state index in [1.165, 1.54) is 0 Å². The molecule has 1 unspecified atom stereocenters. The zero-order chi connectivity index (χ0) is 22.0. The summed E-state index contributed by atoms with van der Waals surface area (Å²) in [5, 5.41) is 31.2. The maximum Gasteiger partial charge on any atom is 0.200 e. The van der Waals surface area contributed by atoms with Crippen LogP contribution in [0.4, 0.5) is 5.69 Å². The van der Waals surface area contributed by atoms with Crippen LogP contribution in [-0.4, -0.2) is 63.6 Å². The number of para-hydroxylation sites is 2. The fraction of sp³-hybridized carbons (Fsp3) is 0.583. The second-order valence-electron chi connectivity index (χ2n) is 8.92. The molecule has 7 heteroatoms. The first kappa shape index (κ1) is 21.8. The number of ether oxygens (including phenoxy) is 1. The molecule has 1 fully saturated rings. The van der Waals surface area contributed by atoms with Crippen LogP contribution in [0.1, 0.15) is 50.3 Å². The second-order valence-corrected chi connectivity index (χ2v) is 8.92. The number of piperazine rings is 1. The van der Waals surface area contributed by atoms with Crippen LogP contribution in [0.15, 0.2) is 24.3 Å². The summed E-state index contributed by atoms with van der Waals surface area (Å²) < 4.78 is 7.54. The lowest BCUT2D eigenvalue weighted by atomic mass is 9.92. The van der Waals surface area contributed by atoms with E-state index in [2.05, 4.69) is 21.9 Å². The molecule has 1 saturated heterocycles. The minimum absolute atomic E-state index is 0.0336. The van der Waals surface area contributed by atoms with E-state index >= 15 is 0 Å². The smallest absolute Gasteiger partial charge is 0.200 e. The minimum Gasteiger partial charge on any atom is -0.494 e. The summed E-state index contributed by atoms with van der Waals surface area (Å²) in [6.45, 7) is 9.37. The number of anilines is 1. The number of aromatic hydroxyl groups is 2. The highest BCUT2D eigenvalue weighted by Gasteiger charge is 2.30. The molecule has 0 bridgehead atoms. The zero-order valence-corrected chi connectivity index (χ0v) is 18.6. The summed E-state index contributed by atoms with van der Waals surface area (Å²) in [5.41, 5.74) is 2.40. The van der Waals surface area contributed by atoms with Crippen molar-refractivity contribution in [2.75, 3.05) is 37.6 Å². The Hall–Kier alpha value is -2.38. The van der Waals surface area contributed by atoms with Crippen LogP contribution in [0.25, 0.3) is 0 Å². The maximum absolute atomic E-state index is 10.5. The molecule has 3 N–H and O–H groups in total. The first-order chi connectivity index (χ1) is 15.0. The third-order valence-electron chi connectivity index (χ3n) is 6.38. The molecular weight excluding hydrogens is 394 g/mol. The highest BCUT2D eigenvalue weighted by molar-refractivity contribution is 5.58. The van der Waals surface area contributed by atoms with E-state index in [-0.39, 0.29) is 17.9 Å². The van der Waals surface area contributed by atoms with Crippen molar-refractivity contribution in [1.29, 1.82) is 0 Å². The Morgan fingerprint density at radius 1 is 1.03 bits per heavy atom. The van der Waals surface area contributed by atoms with Gasteiger partial charge in [0.05, 0.1) is 17.9 Å². The summed E-state index contributed by atoms with van der Waals surface area (Å²) in [4.78, 5) is 4.81. The monoisotopic (exact) mass is 429 g/mol. The lowest BCUT2D eigenvalue weighted by Gasteiger charge is -2.37. The Morgan fingerprint density at radius 3 is 2.48 bits per heavy atom. The number of fused-ring (bicyclic) bond motifs is 1. The summed E-state index contributed by atoms with van der Waals surface area (Å²) in [6.07, 6.45) is 2.49. The van der Waals surface area contributed by atoms with Gasteiger partial charge in [0, 0.05) is 43.9 Å². The molecule has 0 amide bonds. The Kier molecular flexibility index (Phi) is 6.62. The second kappa shape index (κ2) is 9.40. The molecule has 0 radical (unpaired) electrons. The molecule has 1 atom stereocenters. The minimum atomic E-state index is -0.675. The average molecular weight is 430 g/mol. The van der Waals surface area contributed by atoms with E-state index in [0.717, 1.165) is 57.0 Å². The normalized spacial score (nSPS) is 19.6. The fourth-order valence-electron chi connectivity index (χ4n) is 4.83. The third kappa shape index (κ3) is 4.62. The van der Waals surface area contributed by atoms with Crippen LogP contribution in [0, 0.1) is 0 Å². The van der Waals surface area contributed by atoms with Crippen molar-refractivity contribution in [2.24, 2.45) is 0 Å². The number of benzene rings is 1. The topological polar surface area (TPSA) is 81.3 Å². The van der Waals surface area contributed by atoms with Gasteiger partial charge in [-0.05, 0) is 58.2 Å². The molecule has 2 aliphatic rings. The van der Waals surface area contributed by atoms with Crippen molar-refractivity contribution >= 4 is 5.69 Å². The van der Waals surface area contributed by atoms with Crippen LogP contribution in [0.2, 0.25) is 0 Å². The first-order valence-electron chi connectivity index (χ1n) is 11.5. The van der Waals surface area contributed by atoms with Gasteiger partial charge in [-0.3, -0.25) is 9.47 Å². The highest BCUT2D eigenvalue weighted by atomic mass is 16.5. The number of hydrogen-bond acceptors (Lipinski definition) is 6. The molecule has 2 aromatic rings. The third-order valence-corrected chi connectivity index (χ3v) is 6.38. The molecular formula is C24H35N3O4. The number of aromatic nitrogens is 1. The molecule has 1 aliphatic carbocycles. The molecule has 170 valence electrons. The van der Waals surface area contributed by atoms with Gasteiger partial charge >= 0.3 is 0 Å². The largest absolute Gasteiger partial charge is 0.494 e. The quantitative estimate of drug-likeness (QED) is 0.627. The first-order valence-corrected chi connectivity index (χ1v) is 11.5. The van der Waals surface area contributed by atoms with Crippen molar-refractivity contribution in [1.82, 2.24) is 9.47 Å². The van der Waals surface area contributed by atoms with E-state index in [1.54, 1.807) is 4.57 Å². The van der Waals surface area contributed by atoms with Gasteiger partial charge in [-0.15, -0.1) is 0 Å². The van der Waals surface area contributed by atoms with Gasteiger partial charge in [0.15, 0.2) is 11.8 Å². The molecule has 0 spiro atoms. The maximum atomic E-state index is 10.5. The number of rotatable bonds is 7. The molecule has 4 rings (SSSR count). The van der Waals surface area contributed by atoms with Gasteiger partial charge in [-0.1, -0.05) is 12.1 Å². The summed E-state index contributed by atoms with van der Waals surface area (Å²) in [6, 6.07) is 8.23. The van der Waals surface area contributed by atoms with E-state index in [0.29, 0.717) is 30.5 Å². The van der Waals surface area contributed by atoms with E-state index < -0.39 is 6.10 Å². The van der Waals surface area contributed by atoms with Crippen LogP contribution in [0.5, 0.6) is 17.5 Å². The molecule has 1 aliphatic heterocycles. The van der Waals surface area contributed by atoms with Crippen LogP contribution < -0.4 is 9.64 Å². The van der Waals surface area contributed by atoms with E-state index in [4.69, 9.17) is 4.74 Å². The Balaban J connectivity index is 1.30. The molecule has 2 heterocycles. The predicted molar refractivity (Wildman–Crippen MR) is 121 cm³/mol. The zero-order valence-electron chi connectivity index (χ0n) is 18.6. The van der Waals surface area contributed by atoms with E-state index in [9.17, 15) is 15.3 Å². The van der Waals surface area contributed by atoms with Gasteiger partial charge in [-0.25, -0.2) is 0 Å². The van der Waals surface area contributed by atoms with Crippen molar-refractivity contribution in [3.8, 4) is 17.5 Å². The van der Waals surface area contributed by atoms with Crippen LogP contribution in [-0.2, 0) is 13.0 Å². The molecule has 7 nitrogen and oxygen atoms in total. The number of aliphatic hydroxyl groups is 1. The van der Waals surface area contributed by atoms with Crippen molar-refractivity contribution in [2.45, 2.75) is 58.3 Å². The Bertz CT molecular complexity index is 887. The molecule has 1 aromatic carbocycles. The Labute approximate surface area is 184 Å². The van der Waals surface area contributed by atoms with Gasteiger partial charge < -0.3 is 25.0 Å². The number of hydrogen-bond donors (Lipinski definition) is 3. The van der Waals surface area contributed by atoms with E-state index in [1.807, 2.05) is 26.0 Å². The van der Waals surface area contributed by atoms with Crippen molar-refractivity contribution < 1.29 is 20.1 Å².